The zero-order valence-electron chi connectivity index (χ0n) is 23.6. The summed E-state index contributed by atoms with van der Waals surface area (Å²) < 4.78 is 5.57. The van der Waals surface area contributed by atoms with Crippen molar-refractivity contribution in [1.82, 2.24) is 25.2 Å². The molecule has 2 aromatic heterocycles. The number of nitrogens with zero attached hydrogens (tertiary/aromatic N) is 6. The van der Waals surface area contributed by atoms with Crippen LogP contribution in [-0.2, 0) is 11.3 Å². The minimum Gasteiger partial charge on any atom is -0.480 e. The Morgan fingerprint density at radius 2 is 2.03 bits per heavy atom. The maximum atomic E-state index is 12.0. The molecule has 3 rings (SSSR count). The lowest BCUT2D eigenvalue weighted by Crippen LogP contribution is -2.41. The van der Waals surface area contributed by atoms with Crippen molar-refractivity contribution < 1.29 is 9.53 Å². The number of aldehydes is 1. The first-order chi connectivity index (χ1) is 18.2. The van der Waals surface area contributed by atoms with E-state index < -0.39 is 0 Å². The van der Waals surface area contributed by atoms with Crippen LogP contribution in [0.3, 0.4) is 0 Å². The highest BCUT2D eigenvalue weighted by atomic mass is 16.5. The standard InChI is InChI=1S/C29H39N7O2/c1-9-20(5)36(7)28(34-21(6)25-27(22-11-12-22)32-17-33-29(25)38-8)26(18(2)3)35-24(16-37)31-15-23-13-10-19(4)14-30-23/h10,13-14,16-17,20,22H,6,9,11-12,15H2,1-5,7-8H3,(H,31,35)/t20-/m1/s1. The van der Waals surface area contributed by atoms with Crippen molar-refractivity contribution >= 4 is 23.7 Å². The van der Waals surface area contributed by atoms with E-state index in [1.54, 1.807) is 13.3 Å². The Morgan fingerprint density at radius 1 is 1.29 bits per heavy atom. The van der Waals surface area contributed by atoms with Crippen LogP contribution in [0.2, 0.25) is 0 Å². The Balaban J connectivity index is 2.03. The van der Waals surface area contributed by atoms with E-state index in [0.29, 0.717) is 35.3 Å². The monoisotopic (exact) mass is 517 g/mol. The van der Waals surface area contributed by atoms with Crippen LogP contribution in [0.1, 0.15) is 75.4 Å². The summed E-state index contributed by atoms with van der Waals surface area (Å²) >= 11 is 0. The number of aryl methyl sites for hydroxylation is 1. The fourth-order valence-electron chi connectivity index (χ4n) is 3.85. The molecular weight excluding hydrogens is 478 g/mol. The number of allylic oxidation sites excluding steroid dienone is 1. The van der Waals surface area contributed by atoms with Crippen molar-refractivity contribution in [3.05, 3.63) is 65.0 Å². The number of amidine groups is 2. The first-order valence-corrected chi connectivity index (χ1v) is 13.0. The summed E-state index contributed by atoms with van der Waals surface area (Å²) in [5, 5.41) is 3.24. The summed E-state index contributed by atoms with van der Waals surface area (Å²) in [4.78, 5) is 36.9. The van der Waals surface area contributed by atoms with Crippen LogP contribution in [0.15, 0.2) is 52.5 Å². The molecule has 2 aromatic rings. The molecule has 0 aromatic carbocycles. The zero-order valence-corrected chi connectivity index (χ0v) is 23.6. The van der Waals surface area contributed by atoms with Crippen molar-refractivity contribution in [2.24, 2.45) is 9.98 Å². The van der Waals surface area contributed by atoms with E-state index in [0.717, 1.165) is 47.4 Å². The first-order valence-electron chi connectivity index (χ1n) is 13.0. The van der Waals surface area contributed by atoms with Crippen LogP contribution in [0.5, 0.6) is 5.88 Å². The Kier molecular flexibility index (Phi) is 9.87. The van der Waals surface area contributed by atoms with Gasteiger partial charge in [-0.15, -0.1) is 0 Å². The van der Waals surface area contributed by atoms with E-state index in [1.807, 2.05) is 40.0 Å². The maximum Gasteiger partial charge on any atom is 0.226 e. The van der Waals surface area contributed by atoms with E-state index in [-0.39, 0.29) is 18.4 Å². The molecule has 0 amide bonds. The smallest absolute Gasteiger partial charge is 0.226 e. The molecule has 0 bridgehead atoms. The quantitative estimate of drug-likeness (QED) is 0.258. The molecule has 9 heteroatoms. The van der Waals surface area contributed by atoms with Gasteiger partial charge in [0.1, 0.15) is 6.33 Å². The van der Waals surface area contributed by atoms with Crippen LogP contribution < -0.4 is 10.1 Å². The number of hydrogen-bond acceptors (Lipinski definition) is 7. The third-order valence-electron chi connectivity index (χ3n) is 6.59. The molecule has 1 fully saturated rings. The normalized spacial score (nSPS) is 14.5. The van der Waals surface area contributed by atoms with Crippen LogP contribution >= 0.6 is 0 Å². The van der Waals surface area contributed by atoms with E-state index in [1.165, 1.54) is 6.33 Å². The number of aromatic nitrogens is 3. The average Bonchev–Trinajstić information content (AvgIpc) is 3.77. The van der Waals surface area contributed by atoms with Crippen molar-refractivity contribution in [2.45, 2.75) is 72.4 Å². The van der Waals surface area contributed by atoms with Crippen LogP contribution in [0.4, 0.5) is 0 Å². The van der Waals surface area contributed by atoms with Gasteiger partial charge in [0.25, 0.3) is 0 Å². The van der Waals surface area contributed by atoms with Gasteiger partial charge in [-0.3, -0.25) is 14.8 Å². The minimum atomic E-state index is 0.169. The molecule has 1 saturated carbocycles. The Hall–Kier alpha value is -3.88. The first kappa shape index (κ1) is 28.7. The van der Waals surface area contributed by atoms with Crippen LogP contribution in [0, 0.1) is 6.92 Å². The number of pyridine rings is 1. The number of rotatable bonds is 11. The minimum absolute atomic E-state index is 0.169. The third-order valence-corrected chi connectivity index (χ3v) is 6.59. The second-order valence-corrected chi connectivity index (χ2v) is 9.81. The molecule has 1 atom stereocenters. The Morgan fingerprint density at radius 3 is 2.58 bits per heavy atom. The van der Waals surface area contributed by atoms with Gasteiger partial charge in [0.05, 0.1) is 42.0 Å². The maximum absolute atomic E-state index is 12.0. The largest absolute Gasteiger partial charge is 0.480 e. The van der Waals surface area contributed by atoms with Gasteiger partial charge in [-0.25, -0.2) is 15.0 Å². The topological polar surface area (TPSA) is 105 Å². The van der Waals surface area contributed by atoms with Gasteiger partial charge in [0, 0.05) is 25.2 Å². The van der Waals surface area contributed by atoms with Gasteiger partial charge < -0.3 is 15.0 Å². The predicted octanol–water partition coefficient (Wildman–Crippen LogP) is 4.85. The van der Waals surface area contributed by atoms with Crippen molar-refractivity contribution in [2.75, 3.05) is 14.2 Å². The van der Waals surface area contributed by atoms with Crippen LogP contribution in [0.25, 0.3) is 5.70 Å². The predicted molar refractivity (Wildman–Crippen MR) is 152 cm³/mol. The van der Waals surface area contributed by atoms with E-state index in [4.69, 9.17) is 9.73 Å². The molecule has 0 spiro atoms. The summed E-state index contributed by atoms with van der Waals surface area (Å²) in [6.07, 6.45) is 7.06. The summed E-state index contributed by atoms with van der Waals surface area (Å²) in [5.41, 5.74) is 5.59. The summed E-state index contributed by atoms with van der Waals surface area (Å²) in [6, 6.07) is 4.05. The number of nitrogens with one attached hydrogen (secondary N) is 1. The fourth-order valence-corrected chi connectivity index (χ4v) is 3.85. The van der Waals surface area contributed by atoms with Gasteiger partial charge in [-0.05, 0) is 64.2 Å². The van der Waals surface area contributed by atoms with E-state index in [9.17, 15) is 4.79 Å². The van der Waals surface area contributed by atoms with E-state index >= 15 is 0 Å². The number of ether oxygens (including phenoxy) is 1. The van der Waals surface area contributed by atoms with Gasteiger partial charge in [0.15, 0.2) is 18.0 Å². The van der Waals surface area contributed by atoms with Crippen molar-refractivity contribution in [3.8, 4) is 5.88 Å². The second kappa shape index (κ2) is 13.1. The lowest BCUT2D eigenvalue weighted by Gasteiger charge is -2.30. The molecule has 0 aliphatic heterocycles. The number of carbonyl (C=O) groups is 1. The molecule has 1 aliphatic carbocycles. The van der Waals surface area contributed by atoms with Gasteiger partial charge in [-0.2, -0.15) is 0 Å². The van der Waals surface area contributed by atoms with E-state index in [2.05, 4.69) is 50.6 Å². The second-order valence-electron chi connectivity index (χ2n) is 9.81. The number of carbonyl (C=O) groups excluding carboxylic acids is 1. The fraction of sp³-hybridized carbons (Fsp3) is 0.448. The molecular formula is C29H39N7O2. The van der Waals surface area contributed by atoms with Crippen LogP contribution in [-0.4, -0.2) is 58.0 Å². The summed E-state index contributed by atoms with van der Waals surface area (Å²) in [6.45, 7) is 14.7. The molecule has 1 N–H and O–H groups in total. The highest BCUT2D eigenvalue weighted by Crippen LogP contribution is 2.44. The molecule has 1 aliphatic rings. The third kappa shape index (κ3) is 7.12. The van der Waals surface area contributed by atoms with Gasteiger partial charge >= 0.3 is 0 Å². The molecule has 9 nitrogen and oxygen atoms in total. The lowest BCUT2D eigenvalue weighted by molar-refractivity contribution is -0.102. The SMILES string of the molecule is C=C(N=C(C(NC(C=O)=NCc1ccc(C)cn1)=C(C)C)N(C)[C@H](C)CC)c1c(OC)ncnc1C1CC1. The summed E-state index contributed by atoms with van der Waals surface area (Å²) in [5.74, 6) is 1.64. The molecule has 202 valence electrons. The molecule has 0 unspecified atom stereocenters. The lowest BCUT2D eigenvalue weighted by atomic mass is 10.1. The van der Waals surface area contributed by atoms with Gasteiger partial charge in [-0.1, -0.05) is 19.6 Å². The number of likely N-dealkylation sites (N-methyl/N-ethyl adjacent to an activating group) is 1. The van der Waals surface area contributed by atoms with Crippen molar-refractivity contribution in [1.29, 1.82) is 0 Å². The molecule has 0 radical (unpaired) electrons. The molecule has 0 saturated heterocycles. The molecule has 2 heterocycles. The average molecular weight is 518 g/mol. The number of hydrogen-bond donors (Lipinski definition) is 1. The zero-order chi connectivity index (χ0) is 27.8. The Labute approximate surface area is 225 Å². The highest BCUT2D eigenvalue weighted by Gasteiger charge is 2.31. The van der Waals surface area contributed by atoms with Gasteiger partial charge in [0.2, 0.25) is 5.88 Å². The summed E-state index contributed by atoms with van der Waals surface area (Å²) in [7, 11) is 3.57. The highest BCUT2D eigenvalue weighted by molar-refractivity contribution is 6.28. The molecule has 38 heavy (non-hydrogen) atoms. The number of aliphatic imine (C=N–C) groups is 2. The Bertz CT molecular complexity index is 1240. The van der Waals surface area contributed by atoms with Crippen molar-refractivity contribution in [3.63, 3.8) is 0 Å². The number of methoxy groups -OCH3 is 1.